The van der Waals surface area contributed by atoms with E-state index in [1.165, 1.54) is 29.5 Å². The first kappa shape index (κ1) is 15.3. The fourth-order valence-corrected chi connectivity index (χ4v) is 3.70. The molecule has 0 saturated carbocycles. The molecule has 2 aliphatic heterocycles. The molecule has 4 heteroatoms. The van der Waals surface area contributed by atoms with Gasteiger partial charge in [-0.1, -0.05) is 29.3 Å². The van der Waals surface area contributed by atoms with Gasteiger partial charge in [0.05, 0.1) is 18.2 Å². The number of hydrogen-bond acceptors (Lipinski definition) is 2. The van der Waals surface area contributed by atoms with Crippen molar-refractivity contribution in [1.29, 1.82) is 0 Å². The summed E-state index contributed by atoms with van der Waals surface area (Å²) >= 11 is 0. The van der Waals surface area contributed by atoms with Crippen LogP contribution in [-0.4, -0.2) is 37.8 Å². The molecular formula is C18H27N3O. The number of nitrogens with zero attached hydrogens (tertiary/aromatic N) is 1. The summed E-state index contributed by atoms with van der Waals surface area (Å²) in [4.78, 5) is 4.34. The second kappa shape index (κ2) is 6.69. The monoisotopic (exact) mass is 301 g/mol. The summed E-state index contributed by atoms with van der Waals surface area (Å²) in [6.45, 7) is 5.20. The van der Waals surface area contributed by atoms with Crippen LogP contribution in [0.1, 0.15) is 36.0 Å². The van der Waals surface area contributed by atoms with Gasteiger partial charge in [-0.15, -0.1) is 0 Å². The average Bonchev–Trinajstić information content (AvgIpc) is 3.07. The van der Waals surface area contributed by atoms with Gasteiger partial charge in [0, 0.05) is 13.6 Å². The van der Waals surface area contributed by atoms with E-state index >= 15 is 0 Å². The van der Waals surface area contributed by atoms with E-state index in [4.69, 9.17) is 4.74 Å². The normalized spacial score (nSPS) is 27.2. The second-order valence-electron chi connectivity index (χ2n) is 6.61. The molecule has 0 spiro atoms. The summed E-state index contributed by atoms with van der Waals surface area (Å²) in [6.07, 6.45) is 5.38. The number of rotatable bonds is 4. The number of nitrogens with one attached hydrogen (secondary N) is 2. The Balaban J connectivity index is 1.47. The van der Waals surface area contributed by atoms with E-state index in [0.29, 0.717) is 18.2 Å². The Hall–Kier alpha value is -1.55. The van der Waals surface area contributed by atoms with Crippen molar-refractivity contribution < 1.29 is 4.74 Å². The number of guanidine groups is 1. The predicted octanol–water partition coefficient (Wildman–Crippen LogP) is 2.33. The van der Waals surface area contributed by atoms with Gasteiger partial charge in [0.15, 0.2) is 5.96 Å². The Labute approximate surface area is 133 Å². The van der Waals surface area contributed by atoms with Crippen LogP contribution in [0.4, 0.5) is 0 Å². The zero-order valence-electron chi connectivity index (χ0n) is 13.9. The zero-order valence-corrected chi connectivity index (χ0v) is 13.9. The first-order valence-electron chi connectivity index (χ1n) is 8.34. The first-order chi connectivity index (χ1) is 10.6. The summed E-state index contributed by atoms with van der Waals surface area (Å²) in [6, 6.07) is 7.15. The van der Waals surface area contributed by atoms with Crippen LogP contribution >= 0.6 is 0 Å². The molecule has 0 aromatic heterocycles. The average molecular weight is 301 g/mol. The first-order valence-corrected chi connectivity index (χ1v) is 8.34. The van der Waals surface area contributed by atoms with Crippen LogP contribution in [0.5, 0.6) is 0 Å². The van der Waals surface area contributed by atoms with Crippen molar-refractivity contribution in [2.24, 2.45) is 4.99 Å². The number of aryl methyl sites for hydroxylation is 2. The third kappa shape index (κ3) is 3.61. The molecule has 4 nitrogen and oxygen atoms in total. The summed E-state index contributed by atoms with van der Waals surface area (Å²) in [7, 11) is 1.83. The molecule has 0 radical (unpaired) electrons. The van der Waals surface area contributed by atoms with Gasteiger partial charge >= 0.3 is 0 Å². The van der Waals surface area contributed by atoms with Gasteiger partial charge in [0.25, 0.3) is 0 Å². The molecule has 0 aliphatic carbocycles. The molecule has 0 amide bonds. The highest BCUT2D eigenvalue weighted by atomic mass is 16.5. The van der Waals surface area contributed by atoms with Crippen molar-refractivity contribution in [3.63, 3.8) is 0 Å². The summed E-state index contributed by atoms with van der Waals surface area (Å²) in [5, 5.41) is 6.95. The Morgan fingerprint density at radius 3 is 2.59 bits per heavy atom. The molecule has 2 fully saturated rings. The minimum atomic E-state index is 0.378. The molecule has 1 aromatic rings. The smallest absolute Gasteiger partial charge is 0.191 e. The largest absolute Gasteiger partial charge is 0.373 e. The van der Waals surface area contributed by atoms with E-state index in [1.54, 1.807) is 0 Å². The number of benzene rings is 1. The topological polar surface area (TPSA) is 45.7 Å². The maximum absolute atomic E-state index is 5.89. The van der Waals surface area contributed by atoms with Gasteiger partial charge in [0.1, 0.15) is 0 Å². The van der Waals surface area contributed by atoms with E-state index in [-0.39, 0.29) is 0 Å². The number of fused-ring (bicyclic) bond motifs is 2. The van der Waals surface area contributed by atoms with Crippen molar-refractivity contribution in [2.75, 3.05) is 13.6 Å². The number of hydrogen-bond donors (Lipinski definition) is 2. The van der Waals surface area contributed by atoms with Gasteiger partial charge < -0.3 is 15.4 Å². The fourth-order valence-electron chi connectivity index (χ4n) is 3.70. The highest BCUT2D eigenvalue weighted by molar-refractivity contribution is 5.80. The van der Waals surface area contributed by atoms with E-state index in [0.717, 1.165) is 25.3 Å². The Morgan fingerprint density at radius 1 is 1.23 bits per heavy atom. The SMILES string of the molecule is CN=C(NCCc1cc(C)cc(C)c1)NC1CC2CCC1O2. The van der Waals surface area contributed by atoms with Crippen LogP contribution in [-0.2, 0) is 11.2 Å². The van der Waals surface area contributed by atoms with Gasteiger partial charge in [-0.2, -0.15) is 0 Å². The van der Waals surface area contributed by atoms with Gasteiger partial charge in [-0.25, -0.2) is 0 Å². The molecule has 2 aliphatic rings. The predicted molar refractivity (Wildman–Crippen MR) is 90.4 cm³/mol. The summed E-state index contributed by atoms with van der Waals surface area (Å²) < 4.78 is 5.89. The van der Waals surface area contributed by atoms with Crippen molar-refractivity contribution in [3.05, 3.63) is 34.9 Å². The van der Waals surface area contributed by atoms with Crippen molar-refractivity contribution in [1.82, 2.24) is 10.6 Å². The van der Waals surface area contributed by atoms with Gasteiger partial charge in [0.2, 0.25) is 0 Å². The highest BCUT2D eigenvalue weighted by Crippen LogP contribution is 2.34. The van der Waals surface area contributed by atoms with Crippen LogP contribution in [0.15, 0.2) is 23.2 Å². The third-order valence-corrected chi connectivity index (χ3v) is 4.64. The van der Waals surface area contributed by atoms with E-state index < -0.39 is 0 Å². The van der Waals surface area contributed by atoms with Gasteiger partial charge in [-0.3, -0.25) is 4.99 Å². The lowest BCUT2D eigenvalue weighted by atomic mass is 9.96. The Bertz CT molecular complexity index is 535. The van der Waals surface area contributed by atoms with E-state index in [1.807, 2.05) is 7.05 Å². The highest BCUT2D eigenvalue weighted by Gasteiger charge is 2.41. The Kier molecular flexibility index (Phi) is 4.67. The molecule has 1 aromatic carbocycles. The van der Waals surface area contributed by atoms with Crippen LogP contribution in [0.25, 0.3) is 0 Å². The van der Waals surface area contributed by atoms with Crippen molar-refractivity contribution in [2.45, 2.75) is 57.8 Å². The molecule has 3 atom stereocenters. The lowest BCUT2D eigenvalue weighted by Crippen LogP contribution is -2.47. The zero-order chi connectivity index (χ0) is 15.5. The van der Waals surface area contributed by atoms with Crippen molar-refractivity contribution in [3.8, 4) is 0 Å². The number of aliphatic imine (C=N–C) groups is 1. The number of ether oxygens (including phenoxy) is 1. The van der Waals surface area contributed by atoms with Crippen LogP contribution < -0.4 is 10.6 Å². The molecule has 3 rings (SSSR count). The molecule has 2 saturated heterocycles. The summed E-state index contributed by atoms with van der Waals surface area (Å²) in [5.41, 5.74) is 4.04. The Morgan fingerprint density at radius 2 is 2.00 bits per heavy atom. The molecule has 2 bridgehead atoms. The quantitative estimate of drug-likeness (QED) is 0.663. The van der Waals surface area contributed by atoms with Crippen molar-refractivity contribution >= 4 is 5.96 Å². The van der Waals surface area contributed by atoms with Crippen LogP contribution in [0.2, 0.25) is 0 Å². The second-order valence-corrected chi connectivity index (χ2v) is 6.61. The lowest BCUT2D eigenvalue weighted by molar-refractivity contribution is 0.0992. The minimum Gasteiger partial charge on any atom is -0.373 e. The maximum Gasteiger partial charge on any atom is 0.191 e. The van der Waals surface area contributed by atoms with E-state index in [2.05, 4.69) is 47.7 Å². The molecule has 2 heterocycles. The summed E-state index contributed by atoms with van der Waals surface area (Å²) in [5.74, 6) is 0.894. The van der Waals surface area contributed by atoms with Crippen LogP contribution in [0.3, 0.4) is 0 Å². The lowest BCUT2D eigenvalue weighted by Gasteiger charge is -2.22. The fraction of sp³-hybridized carbons (Fsp3) is 0.611. The minimum absolute atomic E-state index is 0.378. The third-order valence-electron chi connectivity index (χ3n) is 4.64. The molecule has 22 heavy (non-hydrogen) atoms. The molecule has 120 valence electrons. The standard InChI is InChI=1S/C18H27N3O/c1-12-8-13(2)10-14(9-12)6-7-20-18(19-3)21-16-11-15-4-5-17(16)22-15/h8-10,15-17H,4-7,11H2,1-3H3,(H2,19,20,21). The molecular weight excluding hydrogens is 274 g/mol. The van der Waals surface area contributed by atoms with Crippen LogP contribution in [0, 0.1) is 13.8 Å². The molecule has 3 unspecified atom stereocenters. The molecule has 2 N–H and O–H groups in total. The van der Waals surface area contributed by atoms with Gasteiger partial charge in [-0.05, 0) is 45.1 Å². The van der Waals surface area contributed by atoms with E-state index in [9.17, 15) is 0 Å². The maximum atomic E-state index is 5.89.